The zero-order chi connectivity index (χ0) is 15.0. The van der Waals surface area contributed by atoms with E-state index in [-0.39, 0.29) is 11.7 Å². The van der Waals surface area contributed by atoms with Gasteiger partial charge in [0.2, 0.25) is 0 Å². The van der Waals surface area contributed by atoms with Crippen molar-refractivity contribution < 1.29 is 14.6 Å². The number of methoxy groups -OCH3 is 1. The molecule has 3 rings (SSSR count). The summed E-state index contributed by atoms with van der Waals surface area (Å²) < 4.78 is 5.13. The fraction of sp³-hybridized carbons (Fsp3) is 0.0625. The first-order chi connectivity index (χ1) is 10.1. The Balaban J connectivity index is 2.11. The summed E-state index contributed by atoms with van der Waals surface area (Å²) in [5.74, 6) is 0.461. The quantitative estimate of drug-likeness (QED) is 0.834. The van der Waals surface area contributed by atoms with Gasteiger partial charge in [-0.3, -0.25) is 4.79 Å². The molecule has 106 valence electrons. The lowest BCUT2D eigenvalue weighted by Crippen LogP contribution is -2.03. The van der Waals surface area contributed by atoms with Crippen LogP contribution < -0.4 is 10.1 Å². The first kappa shape index (κ1) is 13.5. The highest BCUT2D eigenvalue weighted by atomic mass is 35.5. The second-order valence-corrected chi connectivity index (χ2v) is 5.06. The number of carbonyl (C=O) groups excluding carboxylic acids is 1. The highest BCUT2D eigenvalue weighted by molar-refractivity contribution is 6.36. The molecular formula is C16H12ClNO3. The summed E-state index contributed by atoms with van der Waals surface area (Å²) in [6, 6.07) is 10.0. The zero-order valence-electron chi connectivity index (χ0n) is 11.2. The van der Waals surface area contributed by atoms with Crippen molar-refractivity contribution in [3.8, 4) is 11.5 Å². The molecule has 0 aliphatic carbocycles. The Morgan fingerprint density at radius 3 is 2.81 bits per heavy atom. The van der Waals surface area contributed by atoms with Crippen LogP contribution in [0.2, 0.25) is 5.02 Å². The van der Waals surface area contributed by atoms with Crippen LogP contribution >= 0.6 is 11.6 Å². The van der Waals surface area contributed by atoms with E-state index in [4.69, 9.17) is 16.3 Å². The Hall–Kier alpha value is -2.46. The van der Waals surface area contributed by atoms with Gasteiger partial charge in [0, 0.05) is 21.7 Å². The Kier molecular flexibility index (Phi) is 3.31. The number of nitrogens with one attached hydrogen (secondary N) is 1. The highest BCUT2D eigenvalue weighted by Gasteiger charge is 2.24. The Morgan fingerprint density at radius 1 is 1.24 bits per heavy atom. The average molecular weight is 302 g/mol. The van der Waals surface area contributed by atoms with Gasteiger partial charge in [-0.05, 0) is 36.4 Å². The maximum absolute atomic E-state index is 12.1. The molecular weight excluding hydrogens is 290 g/mol. The van der Waals surface area contributed by atoms with Gasteiger partial charge in [-0.2, -0.15) is 0 Å². The minimum absolute atomic E-state index is 0.0820. The van der Waals surface area contributed by atoms with Gasteiger partial charge in [0.1, 0.15) is 11.5 Å². The van der Waals surface area contributed by atoms with Crippen molar-refractivity contribution in [1.29, 1.82) is 0 Å². The van der Waals surface area contributed by atoms with Gasteiger partial charge < -0.3 is 15.2 Å². The van der Waals surface area contributed by atoms with Crippen molar-refractivity contribution in [3.05, 3.63) is 52.5 Å². The van der Waals surface area contributed by atoms with Crippen LogP contribution in [0.1, 0.15) is 11.1 Å². The average Bonchev–Trinajstić information content (AvgIpc) is 2.76. The molecule has 21 heavy (non-hydrogen) atoms. The number of hydrogen-bond acceptors (Lipinski definition) is 3. The number of halogens is 1. The third-order valence-corrected chi connectivity index (χ3v) is 3.53. The van der Waals surface area contributed by atoms with Crippen LogP contribution in [-0.2, 0) is 4.79 Å². The van der Waals surface area contributed by atoms with Crippen LogP contribution in [0.3, 0.4) is 0 Å². The molecule has 4 nitrogen and oxygen atoms in total. The molecule has 0 atom stereocenters. The molecule has 2 aromatic rings. The van der Waals surface area contributed by atoms with Crippen molar-refractivity contribution in [2.24, 2.45) is 0 Å². The molecule has 0 saturated carbocycles. The second kappa shape index (κ2) is 5.14. The maximum atomic E-state index is 12.1. The number of anilines is 1. The number of aromatic hydroxyl groups is 1. The van der Waals surface area contributed by atoms with E-state index in [1.807, 2.05) is 0 Å². The number of benzene rings is 2. The molecule has 0 aromatic heterocycles. The summed E-state index contributed by atoms with van der Waals surface area (Å²) in [6.07, 6.45) is 1.63. The molecule has 2 aromatic carbocycles. The van der Waals surface area contributed by atoms with Crippen molar-refractivity contribution >= 4 is 34.8 Å². The number of carbonyl (C=O) groups is 1. The number of hydrogen-bond donors (Lipinski definition) is 2. The van der Waals surface area contributed by atoms with E-state index < -0.39 is 0 Å². The predicted octanol–water partition coefficient (Wildman–Crippen LogP) is 3.55. The molecule has 0 saturated heterocycles. The summed E-state index contributed by atoms with van der Waals surface area (Å²) in [5.41, 5.74) is 2.42. The third kappa shape index (κ3) is 2.45. The summed E-state index contributed by atoms with van der Waals surface area (Å²) in [6.45, 7) is 0. The standard InChI is InChI=1S/C16H12ClNO3/c1-21-11-3-5-15(19)9(6-11)7-13-12-4-2-10(17)8-14(12)18-16(13)20/h2-8,19H,1H3,(H,18,20)/b13-7+. The van der Waals surface area contributed by atoms with Crippen LogP contribution in [0.5, 0.6) is 11.5 Å². The van der Waals surface area contributed by atoms with Crippen LogP contribution in [0, 0.1) is 0 Å². The number of rotatable bonds is 2. The SMILES string of the molecule is COc1ccc(O)c(/C=C2/C(=O)Nc3cc(Cl)ccc32)c1. The number of phenolic OH excluding ortho intramolecular Hbond substituents is 1. The largest absolute Gasteiger partial charge is 0.507 e. The van der Waals surface area contributed by atoms with Crippen LogP contribution in [0.15, 0.2) is 36.4 Å². The monoisotopic (exact) mass is 301 g/mol. The number of fused-ring (bicyclic) bond motifs is 1. The van der Waals surface area contributed by atoms with Crippen LogP contribution in [0.25, 0.3) is 11.6 Å². The molecule has 1 heterocycles. The third-order valence-electron chi connectivity index (χ3n) is 3.30. The first-order valence-corrected chi connectivity index (χ1v) is 6.66. The molecule has 2 N–H and O–H groups in total. The maximum Gasteiger partial charge on any atom is 0.256 e. The molecule has 0 spiro atoms. The smallest absolute Gasteiger partial charge is 0.256 e. The van der Waals surface area contributed by atoms with Crippen LogP contribution in [-0.4, -0.2) is 18.1 Å². The minimum atomic E-state index is -0.227. The molecule has 1 aliphatic rings. The summed E-state index contributed by atoms with van der Waals surface area (Å²) in [7, 11) is 1.54. The lowest BCUT2D eigenvalue weighted by Gasteiger charge is -2.04. The van der Waals surface area contributed by atoms with Gasteiger partial charge in [0.25, 0.3) is 5.91 Å². The second-order valence-electron chi connectivity index (χ2n) is 4.63. The summed E-state index contributed by atoms with van der Waals surface area (Å²) >= 11 is 5.92. The normalized spacial score (nSPS) is 15.0. The van der Waals surface area contributed by atoms with Gasteiger partial charge in [0.15, 0.2) is 0 Å². The molecule has 0 unspecified atom stereocenters. The molecule has 1 aliphatic heterocycles. The molecule has 0 radical (unpaired) electrons. The fourth-order valence-electron chi connectivity index (χ4n) is 2.24. The summed E-state index contributed by atoms with van der Waals surface area (Å²) in [5, 5.41) is 13.2. The molecule has 1 amide bonds. The first-order valence-electron chi connectivity index (χ1n) is 6.28. The fourth-order valence-corrected chi connectivity index (χ4v) is 2.41. The van der Waals surface area contributed by atoms with Crippen LogP contribution in [0.4, 0.5) is 5.69 Å². The number of amides is 1. The van der Waals surface area contributed by atoms with Crippen molar-refractivity contribution in [3.63, 3.8) is 0 Å². The van der Waals surface area contributed by atoms with E-state index in [2.05, 4.69) is 5.32 Å². The topological polar surface area (TPSA) is 58.6 Å². The van der Waals surface area contributed by atoms with E-state index in [1.54, 1.807) is 43.5 Å². The van der Waals surface area contributed by atoms with E-state index in [0.717, 1.165) is 5.56 Å². The number of ether oxygens (including phenoxy) is 1. The van der Waals surface area contributed by atoms with Gasteiger partial charge in [-0.25, -0.2) is 0 Å². The minimum Gasteiger partial charge on any atom is -0.507 e. The van der Waals surface area contributed by atoms with E-state index >= 15 is 0 Å². The lowest BCUT2D eigenvalue weighted by molar-refractivity contribution is -0.110. The zero-order valence-corrected chi connectivity index (χ0v) is 11.9. The molecule has 0 bridgehead atoms. The van der Waals surface area contributed by atoms with Gasteiger partial charge in [-0.1, -0.05) is 17.7 Å². The molecule has 0 fully saturated rings. The Morgan fingerprint density at radius 2 is 2.05 bits per heavy atom. The predicted molar refractivity (Wildman–Crippen MR) is 82.6 cm³/mol. The molecule has 5 heteroatoms. The van der Waals surface area contributed by atoms with E-state index in [0.29, 0.717) is 27.6 Å². The van der Waals surface area contributed by atoms with Crippen molar-refractivity contribution in [2.45, 2.75) is 0 Å². The Labute approximate surface area is 126 Å². The number of phenols is 1. The van der Waals surface area contributed by atoms with Gasteiger partial charge in [0.05, 0.1) is 12.8 Å². The Bertz CT molecular complexity index is 768. The van der Waals surface area contributed by atoms with E-state index in [1.165, 1.54) is 6.07 Å². The van der Waals surface area contributed by atoms with E-state index in [9.17, 15) is 9.90 Å². The summed E-state index contributed by atoms with van der Waals surface area (Å²) in [4.78, 5) is 12.1. The lowest BCUT2D eigenvalue weighted by atomic mass is 10.0. The van der Waals surface area contributed by atoms with Gasteiger partial charge >= 0.3 is 0 Å². The van der Waals surface area contributed by atoms with Gasteiger partial charge in [-0.15, -0.1) is 0 Å². The van der Waals surface area contributed by atoms with Crippen molar-refractivity contribution in [1.82, 2.24) is 0 Å². The van der Waals surface area contributed by atoms with Crippen molar-refractivity contribution in [2.75, 3.05) is 12.4 Å². The highest BCUT2D eigenvalue weighted by Crippen LogP contribution is 2.36.